The van der Waals surface area contributed by atoms with Crippen molar-refractivity contribution < 1.29 is 52.6 Å². The van der Waals surface area contributed by atoms with E-state index in [1.807, 2.05) is 0 Å². The van der Waals surface area contributed by atoms with Gasteiger partial charge in [-0.2, -0.15) is 0 Å². The fourth-order valence-corrected chi connectivity index (χ4v) is 2.51. The van der Waals surface area contributed by atoms with Crippen LogP contribution < -0.4 is 0 Å². The molecule has 0 bridgehead atoms. The van der Waals surface area contributed by atoms with Gasteiger partial charge in [-0.1, -0.05) is 25.7 Å². The van der Waals surface area contributed by atoms with E-state index in [9.17, 15) is 17.5 Å². The number of hydrogen-bond donors (Lipinski definition) is 2. The van der Waals surface area contributed by atoms with Gasteiger partial charge in [0.1, 0.15) is 0 Å². The van der Waals surface area contributed by atoms with Gasteiger partial charge in [0.05, 0.1) is 31.3 Å². The third-order valence-corrected chi connectivity index (χ3v) is 4.05. The van der Waals surface area contributed by atoms with E-state index in [0.717, 1.165) is 38.5 Å². The molecule has 0 spiro atoms. The minimum atomic E-state index is -3.68. The van der Waals surface area contributed by atoms with E-state index in [1.54, 1.807) is 0 Å². The summed E-state index contributed by atoms with van der Waals surface area (Å²) in [4.78, 5) is 0. The van der Waals surface area contributed by atoms with Crippen molar-refractivity contribution in [3.63, 3.8) is 0 Å². The normalized spacial score (nSPS) is 15.2. The Morgan fingerprint density at radius 1 is 0.680 bits per heavy atom. The molecular weight excluding hydrogens is 459 g/mol. The first-order valence-electron chi connectivity index (χ1n) is 7.54. The van der Waals surface area contributed by atoms with Crippen LogP contribution in [0.5, 0.6) is 0 Å². The third kappa shape index (κ3) is 36.6. The number of aliphatic hydroxyl groups is 2. The zero-order chi connectivity index (χ0) is 18.9. The van der Waals surface area contributed by atoms with Gasteiger partial charge in [-0.25, -0.2) is 8.42 Å². The van der Waals surface area contributed by atoms with Gasteiger partial charge < -0.3 is 19.3 Å². The fourth-order valence-electron chi connectivity index (χ4n) is 1.46. The van der Waals surface area contributed by atoms with Crippen molar-refractivity contribution in [3.8, 4) is 0 Å². The molecule has 2 atom stereocenters. The molecule has 156 valence electrons. The van der Waals surface area contributed by atoms with Crippen molar-refractivity contribution >= 4 is 40.5 Å². The molecule has 25 heavy (non-hydrogen) atoms. The van der Waals surface area contributed by atoms with E-state index in [4.69, 9.17) is 10.2 Å². The van der Waals surface area contributed by atoms with Gasteiger partial charge in [0.15, 0.2) is 0 Å². The maximum absolute atomic E-state index is 10.3. The molecular formula is C12H26NiO8S4. The van der Waals surface area contributed by atoms with Gasteiger partial charge in [-0.15, -0.1) is 0 Å². The van der Waals surface area contributed by atoms with Gasteiger partial charge in [0.2, 0.25) is 0 Å². The molecule has 0 aromatic carbocycles. The molecule has 0 amide bonds. The van der Waals surface area contributed by atoms with Crippen LogP contribution in [0.2, 0.25) is 0 Å². The van der Waals surface area contributed by atoms with Crippen LogP contribution in [0.15, 0.2) is 0 Å². The maximum atomic E-state index is 10.3. The van der Waals surface area contributed by atoms with Crippen LogP contribution in [0.3, 0.4) is 0 Å². The van der Waals surface area contributed by atoms with Crippen molar-refractivity contribution in [3.05, 3.63) is 0 Å². The van der Waals surface area contributed by atoms with E-state index in [0.29, 0.717) is 12.8 Å². The molecule has 2 unspecified atom stereocenters. The SMILES string of the molecule is O=S([O-])(=S)OCCCCCCO.O=S([O-])(=S)OCCCCCCO.[Ni+2]. The summed E-state index contributed by atoms with van der Waals surface area (Å²) in [5.41, 5.74) is 0. The zero-order valence-corrected chi connectivity index (χ0v) is 18.0. The van der Waals surface area contributed by atoms with E-state index in [2.05, 4.69) is 30.7 Å². The quantitative estimate of drug-likeness (QED) is 0.267. The van der Waals surface area contributed by atoms with Crippen LogP contribution in [0.1, 0.15) is 51.4 Å². The van der Waals surface area contributed by atoms with E-state index in [-0.39, 0.29) is 42.9 Å². The van der Waals surface area contributed by atoms with Crippen molar-refractivity contribution in [1.82, 2.24) is 0 Å². The molecule has 0 aromatic heterocycles. The van der Waals surface area contributed by atoms with Crippen LogP contribution in [0.4, 0.5) is 0 Å². The summed E-state index contributed by atoms with van der Waals surface area (Å²) in [5.74, 6) is 0. The Labute approximate surface area is 170 Å². The summed E-state index contributed by atoms with van der Waals surface area (Å²) < 4.78 is 49.8. The molecule has 0 rings (SSSR count). The largest absolute Gasteiger partial charge is 2.00 e. The number of rotatable bonds is 14. The smallest absolute Gasteiger partial charge is 0.748 e. The van der Waals surface area contributed by atoms with Crippen LogP contribution in [-0.2, 0) is 65.3 Å². The molecule has 0 saturated carbocycles. The second kappa shape index (κ2) is 19.7. The molecule has 0 fully saturated rings. The Bertz CT molecular complexity index is 426. The summed E-state index contributed by atoms with van der Waals surface area (Å²) in [6, 6.07) is 0. The molecule has 13 heteroatoms. The predicted octanol–water partition coefficient (Wildman–Crippen LogP) is 0.692. The average molecular weight is 485 g/mol. The maximum Gasteiger partial charge on any atom is 2.00 e. The van der Waals surface area contributed by atoms with E-state index in [1.165, 1.54) is 0 Å². The molecule has 0 aliphatic rings. The zero-order valence-electron chi connectivity index (χ0n) is 13.8. The molecule has 8 nitrogen and oxygen atoms in total. The van der Waals surface area contributed by atoms with Crippen molar-refractivity contribution in [2.24, 2.45) is 0 Å². The van der Waals surface area contributed by atoms with Crippen molar-refractivity contribution in [1.29, 1.82) is 0 Å². The molecule has 0 aliphatic heterocycles. The van der Waals surface area contributed by atoms with Gasteiger partial charge in [0.25, 0.3) is 0 Å². The van der Waals surface area contributed by atoms with Gasteiger partial charge in [-0.3, -0.25) is 8.37 Å². The fraction of sp³-hybridized carbons (Fsp3) is 1.00. The number of hydrogen-bond acceptors (Lipinski definition) is 10. The van der Waals surface area contributed by atoms with Crippen LogP contribution in [0.25, 0.3) is 0 Å². The summed E-state index contributed by atoms with van der Waals surface area (Å²) in [6.45, 7) is 0.662. The Balaban J connectivity index is -0.000000372. The van der Waals surface area contributed by atoms with Crippen LogP contribution in [0, 0.1) is 0 Å². The first kappa shape index (κ1) is 30.7. The van der Waals surface area contributed by atoms with Crippen LogP contribution >= 0.6 is 0 Å². The minimum absolute atomic E-state index is 0. The first-order chi connectivity index (χ1) is 11.1. The molecule has 0 saturated heterocycles. The standard InChI is InChI=1S/2C6H14O4S2.Ni/c2*7-5-3-1-2-4-6-10-12(8,9)11;/h2*7H,1-6H2,(H,8,9,11);/q;;+2/p-2. The Morgan fingerprint density at radius 2 is 0.960 bits per heavy atom. The molecule has 0 radical (unpaired) electrons. The molecule has 2 N–H and O–H groups in total. The molecule has 0 heterocycles. The second-order valence-corrected chi connectivity index (χ2v) is 9.29. The van der Waals surface area contributed by atoms with Gasteiger partial charge in [-0.05, 0) is 48.1 Å². The van der Waals surface area contributed by atoms with Crippen molar-refractivity contribution in [2.75, 3.05) is 26.4 Å². The summed E-state index contributed by atoms with van der Waals surface area (Å²) in [5, 5.41) is 16.8. The minimum Gasteiger partial charge on any atom is -0.748 e. The topological polar surface area (TPSA) is 139 Å². The van der Waals surface area contributed by atoms with Gasteiger partial charge >= 0.3 is 16.5 Å². The molecule has 0 aromatic rings. The van der Waals surface area contributed by atoms with Gasteiger partial charge in [0, 0.05) is 13.2 Å². The van der Waals surface area contributed by atoms with E-state index < -0.39 is 18.1 Å². The van der Waals surface area contributed by atoms with E-state index >= 15 is 0 Å². The second-order valence-electron chi connectivity index (χ2n) is 4.74. The van der Waals surface area contributed by atoms with Crippen molar-refractivity contribution in [2.45, 2.75) is 51.4 Å². The predicted molar refractivity (Wildman–Crippen MR) is 95.6 cm³/mol. The summed E-state index contributed by atoms with van der Waals surface area (Å²) in [7, 11) is -7.37. The first-order valence-corrected chi connectivity index (χ1v) is 12.2. The summed E-state index contributed by atoms with van der Waals surface area (Å²) >= 11 is 7.99. The number of aliphatic hydroxyl groups excluding tert-OH is 2. The monoisotopic (exact) mass is 484 g/mol. The van der Waals surface area contributed by atoms with Crippen LogP contribution in [-0.4, -0.2) is 54.2 Å². The Hall–Kier alpha value is 0.994. The number of unbranched alkanes of at least 4 members (excludes halogenated alkanes) is 6. The molecule has 0 aliphatic carbocycles. The Kier molecular flexibility index (Phi) is 24.3. The Morgan fingerprint density at radius 3 is 1.20 bits per heavy atom. The third-order valence-electron chi connectivity index (χ3n) is 2.56. The average Bonchev–Trinajstić information content (AvgIpc) is 2.45. The summed E-state index contributed by atoms with van der Waals surface area (Å²) in [6.07, 6.45) is 6.30.